The van der Waals surface area contributed by atoms with Crippen molar-refractivity contribution in [1.82, 2.24) is 4.90 Å². The number of carbonyl (C=O) groups is 2. The second-order valence-electron chi connectivity index (χ2n) is 4.97. The molecule has 1 amide bonds. The Morgan fingerprint density at radius 1 is 1.33 bits per heavy atom. The Balaban J connectivity index is 2.03. The highest BCUT2D eigenvalue weighted by molar-refractivity contribution is 5.84. The monoisotopic (exact) mass is 297 g/mol. The summed E-state index contributed by atoms with van der Waals surface area (Å²) < 4.78 is 31.2. The molecule has 0 bridgehead atoms. The zero-order valence-electron chi connectivity index (χ0n) is 11.8. The van der Waals surface area contributed by atoms with Crippen LogP contribution in [0.4, 0.5) is 8.78 Å². The minimum Gasteiger partial charge on any atom is -0.465 e. The third-order valence-electron chi connectivity index (χ3n) is 3.27. The van der Waals surface area contributed by atoms with Gasteiger partial charge in [0.1, 0.15) is 18.2 Å². The van der Waals surface area contributed by atoms with E-state index in [1.165, 1.54) is 11.0 Å². The number of benzene rings is 1. The smallest absolute Gasteiger partial charge is 0.325 e. The lowest BCUT2D eigenvalue weighted by Crippen LogP contribution is -2.39. The molecule has 0 spiro atoms. The van der Waals surface area contributed by atoms with E-state index in [0.717, 1.165) is 25.0 Å². The topological polar surface area (TPSA) is 46.6 Å². The van der Waals surface area contributed by atoms with Gasteiger partial charge < -0.3 is 9.64 Å². The van der Waals surface area contributed by atoms with Crippen LogP contribution in [0, 0.1) is 11.6 Å². The van der Waals surface area contributed by atoms with E-state index in [0.29, 0.717) is 0 Å². The molecule has 0 saturated heterocycles. The second-order valence-corrected chi connectivity index (χ2v) is 4.97. The fourth-order valence-corrected chi connectivity index (χ4v) is 2.08. The molecule has 4 nitrogen and oxygen atoms in total. The molecule has 0 radical (unpaired) electrons. The van der Waals surface area contributed by atoms with Gasteiger partial charge in [0.15, 0.2) is 0 Å². The quantitative estimate of drug-likeness (QED) is 0.755. The van der Waals surface area contributed by atoms with E-state index in [9.17, 15) is 18.4 Å². The number of rotatable bonds is 6. The molecule has 0 N–H and O–H groups in total. The lowest BCUT2D eigenvalue weighted by molar-refractivity contribution is -0.149. The fourth-order valence-electron chi connectivity index (χ4n) is 2.08. The van der Waals surface area contributed by atoms with Crippen molar-refractivity contribution in [3.05, 3.63) is 35.4 Å². The molecule has 2 rings (SSSR count). The van der Waals surface area contributed by atoms with Crippen LogP contribution >= 0.6 is 0 Å². The van der Waals surface area contributed by atoms with Crippen molar-refractivity contribution in [2.24, 2.45) is 0 Å². The number of hydrogen-bond donors (Lipinski definition) is 0. The second kappa shape index (κ2) is 6.65. The van der Waals surface area contributed by atoms with E-state index in [1.807, 2.05) is 0 Å². The average Bonchev–Trinajstić information content (AvgIpc) is 3.24. The molecule has 6 heteroatoms. The average molecular weight is 297 g/mol. The summed E-state index contributed by atoms with van der Waals surface area (Å²) in [6.07, 6.45) is 1.47. The van der Waals surface area contributed by atoms with E-state index >= 15 is 0 Å². The van der Waals surface area contributed by atoms with Gasteiger partial charge in [0.2, 0.25) is 5.91 Å². The summed E-state index contributed by atoms with van der Waals surface area (Å²) in [6, 6.07) is 3.12. The summed E-state index contributed by atoms with van der Waals surface area (Å²) in [6.45, 7) is 1.81. The maximum absolute atomic E-state index is 13.6. The molecule has 1 aliphatic rings. The lowest BCUT2D eigenvalue weighted by Gasteiger charge is -2.21. The van der Waals surface area contributed by atoms with Crippen LogP contribution in [-0.4, -0.2) is 36.0 Å². The number of esters is 1. The predicted molar refractivity (Wildman–Crippen MR) is 71.4 cm³/mol. The number of halogens is 2. The Bertz CT molecular complexity index is 544. The maximum Gasteiger partial charge on any atom is 0.325 e. The molecule has 0 aliphatic heterocycles. The summed E-state index contributed by atoms with van der Waals surface area (Å²) >= 11 is 0. The first-order valence-electron chi connectivity index (χ1n) is 6.90. The van der Waals surface area contributed by atoms with Crippen LogP contribution in [0.1, 0.15) is 25.3 Å². The molecule has 1 fully saturated rings. The van der Waals surface area contributed by atoms with Gasteiger partial charge in [-0.1, -0.05) is 6.07 Å². The Labute approximate surface area is 121 Å². The maximum atomic E-state index is 13.6. The summed E-state index contributed by atoms with van der Waals surface area (Å²) in [7, 11) is 0. The summed E-state index contributed by atoms with van der Waals surface area (Å²) in [5, 5.41) is 0. The number of ether oxygens (including phenoxy) is 1. The van der Waals surface area contributed by atoms with Gasteiger partial charge in [-0.15, -0.1) is 0 Å². The standard InChI is InChI=1S/C15H17F2NO3/c1-2-21-15(20)9-18(12-5-6-12)14(19)7-10-3-4-11(16)8-13(10)17/h3-4,8,12H,2,5-7,9H2,1H3. The molecule has 1 aromatic carbocycles. The fraction of sp³-hybridized carbons (Fsp3) is 0.467. The van der Waals surface area contributed by atoms with Crippen LogP contribution in [-0.2, 0) is 20.7 Å². The third kappa shape index (κ3) is 4.24. The van der Waals surface area contributed by atoms with Crippen LogP contribution in [0.3, 0.4) is 0 Å². The van der Waals surface area contributed by atoms with Gasteiger partial charge in [-0.05, 0) is 31.4 Å². The van der Waals surface area contributed by atoms with E-state index in [4.69, 9.17) is 4.74 Å². The van der Waals surface area contributed by atoms with Gasteiger partial charge in [0.05, 0.1) is 13.0 Å². The number of amides is 1. The van der Waals surface area contributed by atoms with Crippen LogP contribution < -0.4 is 0 Å². The molecule has 0 atom stereocenters. The Hall–Kier alpha value is -1.98. The summed E-state index contributed by atoms with van der Waals surface area (Å²) in [5.41, 5.74) is 0.121. The van der Waals surface area contributed by atoms with Crippen molar-refractivity contribution in [3.8, 4) is 0 Å². The molecule has 0 aromatic heterocycles. The van der Waals surface area contributed by atoms with Crippen molar-refractivity contribution in [2.45, 2.75) is 32.2 Å². The highest BCUT2D eigenvalue weighted by Crippen LogP contribution is 2.27. The zero-order chi connectivity index (χ0) is 15.4. The number of hydrogen-bond acceptors (Lipinski definition) is 3. The Morgan fingerprint density at radius 3 is 2.62 bits per heavy atom. The van der Waals surface area contributed by atoms with Gasteiger partial charge >= 0.3 is 5.97 Å². The van der Waals surface area contributed by atoms with E-state index < -0.39 is 17.6 Å². The molecule has 114 valence electrons. The van der Waals surface area contributed by atoms with E-state index in [-0.39, 0.29) is 37.1 Å². The summed E-state index contributed by atoms with van der Waals surface area (Å²) in [5.74, 6) is -2.27. The van der Waals surface area contributed by atoms with Crippen molar-refractivity contribution in [2.75, 3.05) is 13.2 Å². The highest BCUT2D eigenvalue weighted by Gasteiger charge is 2.34. The molecule has 1 aromatic rings. The normalized spacial score (nSPS) is 13.9. The molecule has 0 heterocycles. The highest BCUT2D eigenvalue weighted by atomic mass is 19.1. The summed E-state index contributed by atoms with van der Waals surface area (Å²) in [4.78, 5) is 25.2. The predicted octanol–water partition coefficient (Wildman–Crippen LogP) is 2.06. The minimum atomic E-state index is -0.754. The minimum absolute atomic E-state index is 0.0189. The first-order chi connectivity index (χ1) is 10.0. The largest absolute Gasteiger partial charge is 0.465 e. The van der Waals surface area contributed by atoms with Crippen LogP contribution in [0.15, 0.2) is 18.2 Å². The van der Waals surface area contributed by atoms with Crippen molar-refractivity contribution in [1.29, 1.82) is 0 Å². The van der Waals surface area contributed by atoms with Gasteiger partial charge in [-0.2, -0.15) is 0 Å². The van der Waals surface area contributed by atoms with Gasteiger partial charge in [0, 0.05) is 12.1 Å². The van der Waals surface area contributed by atoms with Crippen molar-refractivity contribution in [3.63, 3.8) is 0 Å². The zero-order valence-corrected chi connectivity index (χ0v) is 11.8. The first kappa shape index (κ1) is 15.4. The van der Waals surface area contributed by atoms with Crippen LogP contribution in [0.5, 0.6) is 0 Å². The first-order valence-corrected chi connectivity index (χ1v) is 6.90. The Morgan fingerprint density at radius 2 is 2.05 bits per heavy atom. The van der Waals surface area contributed by atoms with Crippen molar-refractivity contribution >= 4 is 11.9 Å². The van der Waals surface area contributed by atoms with Crippen LogP contribution in [0.25, 0.3) is 0 Å². The van der Waals surface area contributed by atoms with Gasteiger partial charge in [-0.25, -0.2) is 8.78 Å². The number of carbonyl (C=O) groups excluding carboxylic acids is 2. The molecular formula is C15H17F2NO3. The lowest BCUT2D eigenvalue weighted by atomic mass is 10.1. The van der Waals surface area contributed by atoms with Crippen molar-refractivity contribution < 1.29 is 23.1 Å². The molecule has 1 saturated carbocycles. The van der Waals surface area contributed by atoms with Gasteiger partial charge in [0.25, 0.3) is 0 Å². The molecule has 1 aliphatic carbocycles. The third-order valence-corrected chi connectivity index (χ3v) is 3.27. The molecule has 21 heavy (non-hydrogen) atoms. The van der Waals surface area contributed by atoms with E-state index in [1.54, 1.807) is 6.92 Å². The van der Waals surface area contributed by atoms with Crippen LogP contribution in [0.2, 0.25) is 0 Å². The Kier molecular flexibility index (Phi) is 4.88. The SMILES string of the molecule is CCOC(=O)CN(C(=O)Cc1ccc(F)cc1F)C1CC1. The molecular weight excluding hydrogens is 280 g/mol. The number of nitrogens with zero attached hydrogens (tertiary/aromatic N) is 1. The van der Waals surface area contributed by atoms with Gasteiger partial charge in [-0.3, -0.25) is 9.59 Å². The van der Waals surface area contributed by atoms with E-state index in [2.05, 4.69) is 0 Å². The molecule has 0 unspecified atom stereocenters.